The molecule has 0 unspecified atom stereocenters. The third-order valence-electron chi connectivity index (χ3n) is 2.94. The van der Waals surface area contributed by atoms with Gasteiger partial charge < -0.3 is 15.4 Å². The van der Waals surface area contributed by atoms with Gasteiger partial charge in [0.05, 0.1) is 7.11 Å². The summed E-state index contributed by atoms with van der Waals surface area (Å²) in [6.07, 6.45) is 0. The molecular formula is C15H16ClN3O2. The van der Waals surface area contributed by atoms with Crippen molar-refractivity contribution >= 4 is 23.3 Å². The number of carbonyl (C=O) groups excluding carboxylic acids is 1. The number of nitrogens with one attached hydrogen (secondary N) is 2. The molecule has 21 heavy (non-hydrogen) atoms. The molecule has 0 aliphatic carbocycles. The molecule has 2 aromatic rings. The van der Waals surface area contributed by atoms with Gasteiger partial charge in [0.2, 0.25) is 0 Å². The van der Waals surface area contributed by atoms with Gasteiger partial charge in [0.15, 0.2) is 0 Å². The summed E-state index contributed by atoms with van der Waals surface area (Å²) in [6, 6.07) is 10.7. The molecule has 1 aromatic carbocycles. The molecule has 2 N–H and O–H groups in total. The van der Waals surface area contributed by atoms with Gasteiger partial charge >= 0.3 is 0 Å². The number of hydrogen-bond donors (Lipinski definition) is 2. The van der Waals surface area contributed by atoms with Crippen LogP contribution in [0, 0.1) is 0 Å². The number of methoxy groups -OCH3 is 1. The minimum Gasteiger partial charge on any atom is -0.496 e. The monoisotopic (exact) mass is 305 g/mol. The number of ether oxygens (including phenoxy) is 1. The molecule has 1 amide bonds. The Bertz CT molecular complexity index is 647. The standard InChI is InChI=1S/C15H16ClN3O2/c1-17-14-8-11(7-13(16)19-14)15(20)18-9-10-5-3-4-6-12(10)21-2/h3-8H,9H2,1-2H3,(H,17,19)(H,18,20). The number of carbonyl (C=O) groups is 1. The predicted molar refractivity (Wildman–Crippen MR) is 83.0 cm³/mol. The Kier molecular flexibility index (Phi) is 5.00. The number of para-hydroxylation sites is 1. The number of pyridine rings is 1. The Morgan fingerprint density at radius 3 is 2.81 bits per heavy atom. The zero-order valence-electron chi connectivity index (χ0n) is 11.8. The van der Waals surface area contributed by atoms with Crippen molar-refractivity contribution in [2.24, 2.45) is 0 Å². The number of hydrogen-bond acceptors (Lipinski definition) is 4. The Morgan fingerprint density at radius 2 is 2.10 bits per heavy atom. The smallest absolute Gasteiger partial charge is 0.251 e. The molecule has 1 heterocycles. The fourth-order valence-electron chi connectivity index (χ4n) is 1.88. The van der Waals surface area contributed by atoms with Crippen LogP contribution in [0.3, 0.4) is 0 Å². The number of rotatable bonds is 5. The van der Waals surface area contributed by atoms with Gasteiger partial charge in [-0.15, -0.1) is 0 Å². The quantitative estimate of drug-likeness (QED) is 0.834. The van der Waals surface area contributed by atoms with Crippen LogP contribution in [0.1, 0.15) is 15.9 Å². The van der Waals surface area contributed by atoms with Crippen molar-refractivity contribution in [3.05, 3.63) is 52.7 Å². The van der Waals surface area contributed by atoms with Gasteiger partial charge in [0.1, 0.15) is 16.7 Å². The minimum atomic E-state index is -0.221. The van der Waals surface area contributed by atoms with Gasteiger partial charge in [-0.25, -0.2) is 4.98 Å². The molecule has 0 spiro atoms. The molecule has 1 aromatic heterocycles. The molecule has 0 saturated heterocycles. The SMILES string of the molecule is CNc1cc(C(=O)NCc2ccccc2OC)cc(Cl)n1. The van der Waals surface area contributed by atoms with Gasteiger partial charge in [0.25, 0.3) is 5.91 Å². The van der Waals surface area contributed by atoms with Crippen molar-refractivity contribution in [3.8, 4) is 5.75 Å². The predicted octanol–water partition coefficient (Wildman–Crippen LogP) is 2.72. The van der Waals surface area contributed by atoms with Crippen molar-refractivity contribution in [2.45, 2.75) is 6.54 Å². The van der Waals surface area contributed by atoms with Crippen molar-refractivity contribution in [2.75, 3.05) is 19.5 Å². The lowest BCUT2D eigenvalue weighted by molar-refractivity contribution is 0.0950. The molecule has 0 saturated carbocycles. The zero-order chi connectivity index (χ0) is 15.2. The molecule has 0 fully saturated rings. The van der Waals surface area contributed by atoms with Crippen molar-refractivity contribution in [1.29, 1.82) is 0 Å². The summed E-state index contributed by atoms with van der Waals surface area (Å²) in [5.74, 6) is 1.06. The molecule has 2 rings (SSSR count). The van der Waals surface area contributed by atoms with E-state index >= 15 is 0 Å². The lowest BCUT2D eigenvalue weighted by Crippen LogP contribution is -2.23. The number of nitrogens with zero attached hydrogens (tertiary/aromatic N) is 1. The molecule has 0 bridgehead atoms. The Balaban J connectivity index is 2.10. The molecule has 110 valence electrons. The zero-order valence-corrected chi connectivity index (χ0v) is 12.6. The second kappa shape index (κ2) is 6.95. The van der Waals surface area contributed by atoms with Gasteiger partial charge in [-0.3, -0.25) is 4.79 Å². The highest BCUT2D eigenvalue weighted by atomic mass is 35.5. The van der Waals surface area contributed by atoms with E-state index in [2.05, 4.69) is 15.6 Å². The van der Waals surface area contributed by atoms with E-state index in [1.165, 1.54) is 6.07 Å². The van der Waals surface area contributed by atoms with E-state index in [1.807, 2.05) is 24.3 Å². The van der Waals surface area contributed by atoms with Crippen LogP contribution in [0.2, 0.25) is 5.15 Å². The maximum atomic E-state index is 12.2. The summed E-state index contributed by atoms with van der Waals surface area (Å²) in [6.45, 7) is 0.373. The summed E-state index contributed by atoms with van der Waals surface area (Å²) < 4.78 is 5.25. The number of anilines is 1. The van der Waals surface area contributed by atoms with Crippen molar-refractivity contribution in [3.63, 3.8) is 0 Å². The fourth-order valence-corrected chi connectivity index (χ4v) is 2.09. The van der Waals surface area contributed by atoms with E-state index in [1.54, 1.807) is 20.2 Å². The van der Waals surface area contributed by atoms with Gasteiger partial charge in [-0.2, -0.15) is 0 Å². The molecule has 5 nitrogen and oxygen atoms in total. The first-order valence-corrected chi connectivity index (χ1v) is 6.77. The Labute approximate surface area is 128 Å². The number of aromatic nitrogens is 1. The van der Waals surface area contributed by atoms with Crippen LogP contribution < -0.4 is 15.4 Å². The fraction of sp³-hybridized carbons (Fsp3) is 0.200. The molecular weight excluding hydrogens is 290 g/mol. The van der Waals surface area contributed by atoms with E-state index in [9.17, 15) is 4.79 Å². The van der Waals surface area contributed by atoms with Crippen molar-refractivity contribution in [1.82, 2.24) is 10.3 Å². The van der Waals surface area contributed by atoms with Crippen LogP contribution >= 0.6 is 11.6 Å². The largest absolute Gasteiger partial charge is 0.496 e. The third-order valence-corrected chi connectivity index (χ3v) is 3.14. The highest BCUT2D eigenvalue weighted by molar-refractivity contribution is 6.29. The van der Waals surface area contributed by atoms with E-state index in [0.717, 1.165) is 11.3 Å². The average Bonchev–Trinajstić information content (AvgIpc) is 2.52. The minimum absolute atomic E-state index is 0.221. The normalized spacial score (nSPS) is 10.0. The molecule has 0 aliphatic rings. The molecule has 0 atom stereocenters. The van der Waals surface area contributed by atoms with Crippen LogP contribution in [0.4, 0.5) is 5.82 Å². The summed E-state index contributed by atoms with van der Waals surface area (Å²) in [4.78, 5) is 16.2. The van der Waals surface area contributed by atoms with Crippen molar-refractivity contribution < 1.29 is 9.53 Å². The summed E-state index contributed by atoms with van der Waals surface area (Å²) in [5.41, 5.74) is 1.36. The van der Waals surface area contributed by atoms with E-state index in [-0.39, 0.29) is 11.1 Å². The topological polar surface area (TPSA) is 63.2 Å². The molecule has 0 radical (unpaired) electrons. The second-order valence-corrected chi connectivity index (χ2v) is 4.70. The number of halogens is 1. The van der Waals surface area contributed by atoms with Crippen LogP contribution in [-0.4, -0.2) is 25.0 Å². The van der Waals surface area contributed by atoms with Gasteiger partial charge in [-0.1, -0.05) is 29.8 Å². The lowest BCUT2D eigenvalue weighted by Gasteiger charge is -2.10. The van der Waals surface area contributed by atoms with Crippen LogP contribution in [0.5, 0.6) is 5.75 Å². The maximum absolute atomic E-state index is 12.2. The summed E-state index contributed by atoms with van der Waals surface area (Å²) in [5, 5.41) is 5.96. The van der Waals surface area contributed by atoms with E-state index < -0.39 is 0 Å². The van der Waals surface area contributed by atoms with Crippen LogP contribution in [0.15, 0.2) is 36.4 Å². The summed E-state index contributed by atoms with van der Waals surface area (Å²) in [7, 11) is 3.32. The number of benzene rings is 1. The molecule has 6 heteroatoms. The average molecular weight is 306 g/mol. The van der Waals surface area contributed by atoms with E-state index in [0.29, 0.717) is 17.9 Å². The first kappa shape index (κ1) is 15.1. The highest BCUT2D eigenvalue weighted by Crippen LogP contribution is 2.18. The Morgan fingerprint density at radius 1 is 1.33 bits per heavy atom. The van der Waals surface area contributed by atoms with Gasteiger partial charge in [0, 0.05) is 24.7 Å². The lowest BCUT2D eigenvalue weighted by atomic mass is 10.2. The van der Waals surface area contributed by atoms with Crippen LogP contribution in [-0.2, 0) is 6.54 Å². The van der Waals surface area contributed by atoms with Gasteiger partial charge in [-0.05, 0) is 18.2 Å². The molecule has 0 aliphatic heterocycles. The second-order valence-electron chi connectivity index (χ2n) is 4.31. The van der Waals surface area contributed by atoms with Crippen LogP contribution in [0.25, 0.3) is 0 Å². The third kappa shape index (κ3) is 3.86. The Hall–Kier alpha value is -2.27. The summed E-state index contributed by atoms with van der Waals surface area (Å²) >= 11 is 5.89. The maximum Gasteiger partial charge on any atom is 0.251 e. The number of amides is 1. The first-order chi connectivity index (χ1) is 10.1. The highest BCUT2D eigenvalue weighted by Gasteiger charge is 2.10. The van der Waals surface area contributed by atoms with E-state index in [4.69, 9.17) is 16.3 Å². The first-order valence-electron chi connectivity index (χ1n) is 6.39.